The first-order valence-corrected chi connectivity index (χ1v) is 8.21. The highest BCUT2D eigenvalue weighted by molar-refractivity contribution is 5.87. The predicted molar refractivity (Wildman–Crippen MR) is 89.3 cm³/mol. The first-order chi connectivity index (χ1) is 10.6. The molecule has 0 unspecified atom stereocenters. The maximum Gasteiger partial charge on any atom is 0.242 e. The van der Waals surface area contributed by atoms with E-state index in [0.717, 1.165) is 24.8 Å². The summed E-state index contributed by atoms with van der Waals surface area (Å²) in [6.45, 7) is 6.90. The number of hydrogen-bond donors (Lipinski definition) is 1. The van der Waals surface area contributed by atoms with Gasteiger partial charge in [-0.1, -0.05) is 57.0 Å². The van der Waals surface area contributed by atoms with Crippen molar-refractivity contribution >= 4 is 11.8 Å². The Kier molecular flexibility index (Phi) is 8.26. The summed E-state index contributed by atoms with van der Waals surface area (Å²) in [6, 6.07) is 9.33. The van der Waals surface area contributed by atoms with Crippen LogP contribution in [0.1, 0.15) is 52.0 Å². The van der Waals surface area contributed by atoms with Gasteiger partial charge in [0.2, 0.25) is 11.8 Å². The van der Waals surface area contributed by atoms with Crippen LogP contribution in [-0.2, 0) is 16.1 Å². The fraction of sp³-hybridized carbons (Fsp3) is 0.556. The third-order valence-electron chi connectivity index (χ3n) is 3.75. The van der Waals surface area contributed by atoms with Crippen molar-refractivity contribution in [1.29, 1.82) is 0 Å². The van der Waals surface area contributed by atoms with E-state index in [-0.39, 0.29) is 11.8 Å². The average molecular weight is 304 g/mol. The first kappa shape index (κ1) is 18.2. The fourth-order valence-corrected chi connectivity index (χ4v) is 2.30. The summed E-state index contributed by atoms with van der Waals surface area (Å²) >= 11 is 0. The minimum atomic E-state index is -0.450. The van der Waals surface area contributed by atoms with Crippen LogP contribution in [0.15, 0.2) is 30.3 Å². The number of carbonyl (C=O) groups is 2. The van der Waals surface area contributed by atoms with Gasteiger partial charge in [-0.3, -0.25) is 9.59 Å². The number of unbranched alkanes of at least 4 members (excludes halogenated alkanes) is 2. The Labute approximate surface area is 133 Å². The monoisotopic (exact) mass is 304 g/mol. The van der Waals surface area contributed by atoms with Gasteiger partial charge in [0.25, 0.3) is 0 Å². The van der Waals surface area contributed by atoms with Crippen molar-refractivity contribution in [3.05, 3.63) is 35.9 Å². The Bertz CT molecular complexity index is 459. The Balaban J connectivity index is 2.66. The van der Waals surface area contributed by atoms with Gasteiger partial charge in [-0.05, 0) is 18.9 Å². The average Bonchev–Trinajstić information content (AvgIpc) is 2.56. The number of rotatable bonds is 9. The third-order valence-corrected chi connectivity index (χ3v) is 3.75. The van der Waals surface area contributed by atoms with Crippen LogP contribution in [-0.4, -0.2) is 29.3 Å². The molecule has 0 saturated carbocycles. The summed E-state index contributed by atoms with van der Waals surface area (Å²) in [5.41, 5.74) is 1.04. The molecule has 0 fully saturated rings. The lowest BCUT2D eigenvalue weighted by Gasteiger charge is -2.28. The lowest BCUT2D eigenvalue weighted by molar-refractivity contribution is -0.140. The molecule has 0 aromatic heterocycles. The third kappa shape index (κ3) is 5.88. The second-order valence-electron chi connectivity index (χ2n) is 5.53. The van der Waals surface area contributed by atoms with E-state index in [1.807, 2.05) is 37.3 Å². The number of benzene rings is 1. The molecule has 1 aromatic carbocycles. The molecule has 1 atom stereocenters. The second kappa shape index (κ2) is 9.98. The van der Waals surface area contributed by atoms with Crippen LogP contribution in [0.25, 0.3) is 0 Å². The molecule has 4 heteroatoms. The number of hydrogen-bond acceptors (Lipinski definition) is 2. The molecule has 0 spiro atoms. The molecular formula is C18H28N2O2. The molecule has 0 aliphatic carbocycles. The summed E-state index contributed by atoms with van der Waals surface area (Å²) < 4.78 is 0. The molecule has 0 aliphatic heterocycles. The van der Waals surface area contributed by atoms with E-state index in [0.29, 0.717) is 19.5 Å². The van der Waals surface area contributed by atoms with Crippen molar-refractivity contribution in [3.8, 4) is 0 Å². The number of amides is 2. The predicted octanol–water partition coefficient (Wildman–Crippen LogP) is 3.12. The molecule has 0 aliphatic rings. The van der Waals surface area contributed by atoms with E-state index < -0.39 is 6.04 Å². The summed E-state index contributed by atoms with van der Waals surface area (Å²) in [5.74, 6) is -0.0751. The van der Waals surface area contributed by atoms with Crippen molar-refractivity contribution < 1.29 is 9.59 Å². The largest absolute Gasteiger partial charge is 0.354 e. The molecule has 0 bridgehead atoms. The highest BCUT2D eigenvalue weighted by Crippen LogP contribution is 2.10. The molecule has 1 rings (SSSR count). The van der Waals surface area contributed by atoms with Gasteiger partial charge in [0.15, 0.2) is 0 Å². The van der Waals surface area contributed by atoms with Gasteiger partial charge in [-0.2, -0.15) is 0 Å². The van der Waals surface area contributed by atoms with Gasteiger partial charge >= 0.3 is 0 Å². The molecule has 2 amide bonds. The molecule has 4 nitrogen and oxygen atoms in total. The summed E-state index contributed by atoms with van der Waals surface area (Å²) in [4.78, 5) is 26.1. The molecule has 0 heterocycles. The Morgan fingerprint density at radius 3 is 2.41 bits per heavy atom. The SMILES string of the molecule is CCCCCNC(=O)[C@H](C)N(Cc1ccccc1)C(=O)CC. The van der Waals surface area contributed by atoms with Crippen LogP contribution in [0.3, 0.4) is 0 Å². The van der Waals surface area contributed by atoms with Crippen LogP contribution in [0.4, 0.5) is 0 Å². The van der Waals surface area contributed by atoms with Crippen molar-refractivity contribution in [1.82, 2.24) is 10.2 Å². The van der Waals surface area contributed by atoms with Gasteiger partial charge in [-0.15, -0.1) is 0 Å². The zero-order chi connectivity index (χ0) is 16.4. The second-order valence-corrected chi connectivity index (χ2v) is 5.53. The smallest absolute Gasteiger partial charge is 0.242 e. The van der Waals surface area contributed by atoms with Gasteiger partial charge in [0, 0.05) is 19.5 Å². The normalized spacial score (nSPS) is 11.8. The zero-order valence-corrected chi connectivity index (χ0v) is 14.0. The van der Waals surface area contributed by atoms with Crippen LogP contribution in [0.2, 0.25) is 0 Å². The van der Waals surface area contributed by atoms with Crippen molar-refractivity contribution in [2.24, 2.45) is 0 Å². The van der Waals surface area contributed by atoms with Crippen LogP contribution in [0.5, 0.6) is 0 Å². The molecule has 122 valence electrons. The Hall–Kier alpha value is -1.84. The van der Waals surface area contributed by atoms with Crippen LogP contribution in [0, 0.1) is 0 Å². The van der Waals surface area contributed by atoms with E-state index in [4.69, 9.17) is 0 Å². The maximum atomic E-state index is 12.3. The van der Waals surface area contributed by atoms with Gasteiger partial charge < -0.3 is 10.2 Å². The minimum absolute atomic E-state index is 0.0000567. The lowest BCUT2D eigenvalue weighted by atomic mass is 10.1. The summed E-state index contributed by atoms with van der Waals surface area (Å²) in [7, 11) is 0. The molecule has 1 aromatic rings. The molecular weight excluding hydrogens is 276 g/mol. The van der Waals surface area contributed by atoms with E-state index >= 15 is 0 Å². The lowest BCUT2D eigenvalue weighted by Crippen LogP contribution is -2.47. The number of nitrogens with zero attached hydrogens (tertiary/aromatic N) is 1. The number of nitrogens with one attached hydrogen (secondary N) is 1. The molecule has 0 saturated heterocycles. The van der Waals surface area contributed by atoms with E-state index in [2.05, 4.69) is 12.2 Å². The Morgan fingerprint density at radius 2 is 1.82 bits per heavy atom. The van der Waals surface area contributed by atoms with Crippen molar-refractivity contribution in [2.75, 3.05) is 6.54 Å². The standard InChI is InChI=1S/C18H28N2O2/c1-4-6-10-13-19-18(22)15(3)20(17(21)5-2)14-16-11-8-7-9-12-16/h7-9,11-12,15H,4-6,10,13-14H2,1-3H3,(H,19,22)/t15-/m0/s1. The van der Waals surface area contributed by atoms with Crippen LogP contribution >= 0.6 is 0 Å². The van der Waals surface area contributed by atoms with Gasteiger partial charge in [0.05, 0.1) is 0 Å². The maximum absolute atomic E-state index is 12.3. The van der Waals surface area contributed by atoms with Gasteiger partial charge in [-0.25, -0.2) is 0 Å². The zero-order valence-electron chi connectivity index (χ0n) is 14.0. The van der Waals surface area contributed by atoms with Gasteiger partial charge in [0.1, 0.15) is 6.04 Å². The molecule has 0 radical (unpaired) electrons. The van der Waals surface area contributed by atoms with Crippen molar-refractivity contribution in [3.63, 3.8) is 0 Å². The quantitative estimate of drug-likeness (QED) is 0.713. The summed E-state index contributed by atoms with van der Waals surface area (Å²) in [6.07, 6.45) is 3.62. The molecule has 1 N–H and O–H groups in total. The summed E-state index contributed by atoms with van der Waals surface area (Å²) in [5, 5.41) is 2.93. The fourth-order valence-electron chi connectivity index (χ4n) is 2.30. The topological polar surface area (TPSA) is 49.4 Å². The minimum Gasteiger partial charge on any atom is -0.354 e. The van der Waals surface area contributed by atoms with E-state index in [1.165, 1.54) is 0 Å². The first-order valence-electron chi connectivity index (χ1n) is 8.21. The highest BCUT2D eigenvalue weighted by atomic mass is 16.2. The highest BCUT2D eigenvalue weighted by Gasteiger charge is 2.24. The van der Waals surface area contributed by atoms with E-state index in [9.17, 15) is 9.59 Å². The van der Waals surface area contributed by atoms with E-state index in [1.54, 1.807) is 11.8 Å². The molecule has 22 heavy (non-hydrogen) atoms. The number of carbonyl (C=O) groups excluding carboxylic acids is 2. The van der Waals surface area contributed by atoms with Crippen LogP contribution < -0.4 is 5.32 Å². The Morgan fingerprint density at radius 1 is 1.14 bits per heavy atom. The van der Waals surface area contributed by atoms with Crippen molar-refractivity contribution in [2.45, 2.75) is 59.0 Å².